The Hall–Kier alpha value is -2.19. The third-order valence-corrected chi connectivity index (χ3v) is 5.34. The number of rotatable bonds is 5. The molecule has 0 aliphatic heterocycles. The number of hydrogen-bond donors (Lipinski definition) is 2. The number of nitrogens with one attached hydrogen (secondary N) is 2. The van der Waals surface area contributed by atoms with E-state index in [-0.39, 0.29) is 28.3 Å². The van der Waals surface area contributed by atoms with Gasteiger partial charge in [0.2, 0.25) is 15.9 Å². The Bertz CT molecular complexity index is 843. The van der Waals surface area contributed by atoms with Gasteiger partial charge in [-0.05, 0) is 37.0 Å². The molecule has 0 spiro atoms. The number of nitrogens with zero attached hydrogens (tertiary/aromatic N) is 1. The minimum Gasteiger partial charge on any atom is -0.360 e. The van der Waals surface area contributed by atoms with Gasteiger partial charge in [0.1, 0.15) is 10.6 Å². The number of amides is 1. The number of carbonyl (C=O) groups is 1. The largest absolute Gasteiger partial charge is 0.360 e. The zero-order valence-corrected chi connectivity index (χ0v) is 15.8. The first kappa shape index (κ1) is 19.1. The van der Waals surface area contributed by atoms with E-state index in [0.717, 1.165) is 5.56 Å². The summed E-state index contributed by atoms with van der Waals surface area (Å²) in [4.78, 5) is 12.0. The van der Waals surface area contributed by atoms with Crippen LogP contribution in [0, 0.1) is 13.8 Å². The first-order valence-electron chi connectivity index (χ1n) is 7.83. The Morgan fingerprint density at radius 3 is 2.24 bits per heavy atom. The van der Waals surface area contributed by atoms with E-state index in [4.69, 9.17) is 4.52 Å². The van der Waals surface area contributed by atoms with Crippen molar-refractivity contribution in [3.8, 4) is 0 Å². The Balaban J connectivity index is 1.99. The van der Waals surface area contributed by atoms with Crippen molar-refractivity contribution < 1.29 is 17.7 Å². The Kier molecular flexibility index (Phi) is 5.34. The lowest BCUT2D eigenvalue weighted by atomic mass is 9.87. The molecule has 0 aliphatic rings. The fraction of sp³-hybridized carbons (Fsp3) is 0.412. The summed E-state index contributed by atoms with van der Waals surface area (Å²) < 4.78 is 31.6. The van der Waals surface area contributed by atoms with E-state index in [1.54, 1.807) is 12.1 Å². The zero-order valence-electron chi connectivity index (χ0n) is 15.0. The molecule has 136 valence electrons. The third kappa shape index (κ3) is 4.67. The van der Waals surface area contributed by atoms with Crippen LogP contribution in [0.4, 0.5) is 5.69 Å². The summed E-state index contributed by atoms with van der Waals surface area (Å²) in [5.74, 6) is -0.276. The number of carbonyl (C=O) groups excluding carboxylic acids is 1. The predicted molar refractivity (Wildman–Crippen MR) is 94.9 cm³/mol. The number of anilines is 1. The highest BCUT2D eigenvalue weighted by atomic mass is 32.2. The number of benzene rings is 1. The lowest BCUT2D eigenvalue weighted by molar-refractivity contribution is -0.115. The summed E-state index contributed by atoms with van der Waals surface area (Å²) in [5, 5.41) is 6.27. The van der Waals surface area contributed by atoms with Gasteiger partial charge < -0.3 is 9.84 Å². The van der Waals surface area contributed by atoms with Gasteiger partial charge in [0, 0.05) is 5.69 Å². The molecule has 1 aromatic carbocycles. The van der Waals surface area contributed by atoms with E-state index in [2.05, 4.69) is 36.0 Å². The fourth-order valence-corrected chi connectivity index (χ4v) is 3.66. The van der Waals surface area contributed by atoms with E-state index in [1.165, 1.54) is 13.8 Å². The van der Waals surface area contributed by atoms with Gasteiger partial charge in [-0.25, -0.2) is 13.1 Å². The molecule has 0 radical (unpaired) electrons. The molecule has 1 heterocycles. The Labute approximate surface area is 147 Å². The maximum Gasteiger partial charge on any atom is 0.246 e. The smallest absolute Gasteiger partial charge is 0.246 e. The van der Waals surface area contributed by atoms with Crippen LogP contribution in [-0.4, -0.2) is 26.0 Å². The van der Waals surface area contributed by atoms with E-state index >= 15 is 0 Å². The van der Waals surface area contributed by atoms with Crippen molar-refractivity contribution in [2.75, 3.05) is 11.9 Å². The minimum absolute atomic E-state index is 0.0204. The van der Waals surface area contributed by atoms with Gasteiger partial charge in [0.25, 0.3) is 0 Å². The molecule has 1 amide bonds. The number of hydrogen-bond acceptors (Lipinski definition) is 5. The van der Waals surface area contributed by atoms with Crippen molar-refractivity contribution in [1.29, 1.82) is 0 Å². The van der Waals surface area contributed by atoms with Crippen LogP contribution in [0.25, 0.3) is 0 Å². The summed E-state index contributed by atoms with van der Waals surface area (Å²) >= 11 is 0. The van der Waals surface area contributed by atoms with Crippen LogP contribution in [0.3, 0.4) is 0 Å². The highest BCUT2D eigenvalue weighted by Gasteiger charge is 2.24. The summed E-state index contributed by atoms with van der Waals surface area (Å²) in [7, 11) is -3.86. The van der Waals surface area contributed by atoms with E-state index in [0.29, 0.717) is 5.69 Å². The first-order valence-corrected chi connectivity index (χ1v) is 9.32. The molecule has 0 bridgehead atoms. The standard InChI is InChI=1S/C17H23N3O4S/c1-11-16(12(2)24-20-11)25(22,23)18-10-15(21)19-14-8-6-13(7-9-14)17(3,4)5/h6-9,18H,10H2,1-5H3,(H,19,21). The van der Waals surface area contributed by atoms with Crippen molar-refractivity contribution in [3.63, 3.8) is 0 Å². The molecule has 0 saturated carbocycles. The van der Waals surface area contributed by atoms with Gasteiger partial charge in [0.15, 0.2) is 5.76 Å². The summed E-state index contributed by atoms with van der Waals surface area (Å²) in [6.07, 6.45) is 0. The number of sulfonamides is 1. The maximum atomic E-state index is 12.3. The number of aryl methyl sites for hydroxylation is 2. The molecule has 0 atom stereocenters. The molecule has 1 aromatic heterocycles. The third-order valence-electron chi connectivity index (χ3n) is 3.69. The van der Waals surface area contributed by atoms with Crippen LogP contribution in [0.15, 0.2) is 33.7 Å². The second-order valence-electron chi connectivity index (χ2n) is 6.85. The monoisotopic (exact) mass is 365 g/mol. The van der Waals surface area contributed by atoms with Crippen LogP contribution < -0.4 is 10.0 Å². The quantitative estimate of drug-likeness (QED) is 0.848. The van der Waals surface area contributed by atoms with Gasteiger partial charge in [-0.2, -0.15) is 0 Å². The molecule has 0 fully saturated rings. The molecule has 2 rings (SSSR count). The molecule has 0 aliphatic carbocycles. The van der Waals surface area contributed by atoms with Crippen LogP contribution in [0.1, 0.15) is 37.8 Å². The normalized spacial score (nSPS) is 12.2. The molecule has 2 N–H and O–H groups in total. The number of aromatic nitrogens is 1. The average molecular weight is 365 g/mol. The van der Waals surface area contributed by atoms with E-state index < -0.39 is 15.9 Å². The first-order chi connectivity index (χ1) is 11.5. The fourth-order valence-electron chi connectivity index (χ4n) is 2.35. The van der Waals surface area contributed by atoms with Gasteiger partial charge in [-0.15, -0.1) is 0 Å². The average Bonchev–Trinajstić information content (AvgIpc) is 2.85. The molecule has 0 saturated heterocycles. The van der Waals surface area contributed by atoms with Crippen molar-refractivity contribution >= 4 is 21.6 Å². The lowest BCUT2D eigenvalue weighted by Crippen LogP contribution is -2.33. The van der Waals surface area contributed by atoms with Gasteiger partial charge in [-0.1, -0.05) is 38.1 Å². The van der Waals surface area contributed by atoms with Gasteiger partial charge in [0.05, 0.1) is 6.54 Å². The molecule has 7 nitrogen and oxygen atoms in total. The Morgan fingerprint density at radius 1 is 1.16 bits per heavy atom. The van der Waals surface area contributed by atoms with Crippen LogP contribution in [0.5, 0.6) is 0 Å². The summed E-state index contributed by atoms with van der Waals surface area (Å²) in [6, 6.07) is 7.45. The van der Waals surface area contributed by atoms with Crippen molar-refractivity contribution in [2.24, 2.45) is 0 Å². The lowest BCUT2D eigenvalue weighted by Gasteiger charge is -2.19. The van der Waals surface area contributed by atoms with Gasteiger partial charge >= 0.3 is 0 Å². The zero-order chi connectivity index (χ0) is 18.8. The predicted octanol–water partition coefficient (Wildman–Crippen LogP) is 2.51. The molecule has 0 unspecified atom stereocenters. The topological polar surface area (TPSA) is 101 Å². The molecule has 2 aromatic rings. The van der Waals surface area contributed by atoms with Crippen LogP contribution in [0.2, 0.25) is 0 Å². The second kappa shape index (κ2) is 6.97. The maximum absolute atomic E-state index is 12.3. The molecule has 8 heteroatoms. The van der Waals surface area contributed by atoms with Crippen molar-refractivity contribution in [1.82, 2.24) is 9.88 Å². The molecule has 25 heavy (non-hydrogen) atoms. The SMILES string of the molecule is Cc1noc(C)c1S(=O)(=O)NCC(=O)Nc1ccc(C(C)(C)C)cc1. The van der Waals surface area contributed by atoms with Crippen molar-refractivity contribution in [2.45, 2.75) is 44.9 Å². The van der Waals surface area contributed by atoms with E-state index in [9.17, 15) is 13.2 Å². The Morgan fingerprint density at radius 2 is 1.76 bits per heavy atom. The summed E-state index contributed by atoms with van der Waals surface area (Å²) in [5.41, 5.74) is 2.02. The van der Waals surface area contributed by atoms with Crippen molar-refractivity contribution in [3.05, 3.63) is 41.3 Å². The minimum atomic E-state index is -3.86. The van der Waals surface area contributed by atoms with Crippen LogP contribution in [-0.2, 0) is 20.2 Å². The summed E-state index contributed by atoms with van der Waals surface area (Å²) in [6.45, 7) is 8.96. The molecular weight excluding hydrogens is 342 g/mol. The highest BCUT2D eigenvalue weighted by molar-refractivity contribution is 7.89. The van der Waals surface area contributed by atoms with E-state index in [1.807, 2.05) is 12.1 Å². The van der Waals surface area contributed by atoms with Gasteiger partial charge in [-0.3, -0.25) is 4.79 Å². The molecular formula is C17H23N3O4S. The van der Waals surface area contributed by atoms with Crippen LogP contribution >= 0.6 is 0 Å². The highest BCUT2D eigenvalue weighted by Crippen LogP contribution is 2.23. The second-order valence-corrected chi connectivity index (χ2v) is 8.56.